The third kappa shape index (κ3) is 3.20. The largest absolute Gasteiger partial charge is 0.481 e. The van der Waals surface area contributed by atoms with Crippen LogP contribution >= 0.6 is 0 Å². The molecule has 1 aromatic rings. The van der Waals surface area contributed by atoms with E-state index in [1.807, 2.05) is 0 Å². The molecule has 1 N–H and O–H groups in total. The number of benzene rings is 1. The van der Waals surface area contributed by atoms with Gasteiger partial charge in [-0.15, -0.1) is 0 Å². The predicted octanol–water partition coefficient (Wildman–Crippen LogP) is 2.39. The summed E-state index contributed by atoms with van der Waals surface area (Å²) in [6, 6.07) is 3.50. The van der Waals surface area contributed by atoms with Gasteiger partial charge >= 0.3 is 5.97 Å². The van der Waals surface area contributed by atoms with Gasteiger partial charge in [-0.05, 0) is 31.9 Å². The lowest BCUT2D eigenvalue weighted by atomic mass is 9.94. The molecule has 1 aliphatic rings. The van der Waals surface area contributed by atoms with Crippen LogP contribution in [-0.2, 0) is 9.59 Å². The molecule has 114 valence electrons. The first-order valence-corrected chi connectivity index (χ1v) is 6.87. The SMILES string of the molecule is CC(C(=O)N1CCC(C(=O)O)CC1)c1c(F)cccc1F. The summed E-state index contributed by atoms with van der Waals surface area (Å²) in [4.78, 5) is 24.7. The van der Waals surface area contributed by atoms with Crippen LogP contribution in [0.3, 0.4) is 0 Å². The van der Waals surface area contributed by atoms with E-state index in [2.05, 4.69) is 0 Å². The predicted molar refractivity (Wildman–Crippen MR) is 71.7 cm³/mol. The molecule has 1 aromatic carbocycles. The zero-order valence-electron chi connectivity index (χ0n) is 11.7. The van der Waals surface area contributed by atoms with E-state index in [0.717, 1.165) is 12.1 Å². The molecule has 1 atom stereocenters. The number of hydrogen-bond donors (Lipinski definition) is 1. The number of aliphatic carboxylic acids is 1. The fraction of sp³-hybridized carbons (Fsp3) is 0.467. The van der Waals surface area contributed by atoms with Crippen molar-refractivity contribution < 1.29 is 23.5 Å². The van der Waals surface area contributed by atoms with Crippen molar-refractivity contribution in [1.29, 1.82) is 0 Å². The van der Waals surface area contributed by atoms with Gasteiger partial charge in [0.25, 0.3) is 0 Å². The Morgan fingerprint density at radius 2 is 1.76 bits per heavy atom. The number of carbonyl (C=O) groups is 2. The van der Waals surface area contributed by atoms with Gasteiger partial charge in [-0.3, -0.25) is 9.59 Å². The highest BCUT2D eigenvalue weighted by molar-refractivity contribution is 5.83. The Bertz CT molecular complexity index is 534. The maximum Gasteiger partial charge on any atom is 0.306 e. The second kappa shape index (κ2) is 6.20. The number of carbonyl (C=O) groups excluding carboxylic acids is 1. The highest BCUT2D eigenvalue weighted by Crippen LogP contribution is 2.26. The molecule has 6 heteroatoms. The quantitative estimate of drug-likeness (QED) is 0.932. The topological polar surface area (TPSA) is 57.6 Å². The zero-order valence-corrected chi connectivity index (χ0v) is 11.7. The van der Waals surface area contributed by atoms with Gasteiger partial charge in [0.1, 0.15) is 11.6 Å². The van der Waals surface area contributed by atoms with Crippen molar-refractivity contribution >= 4 is 11.9 Å². The van der Waals surface area contributed by atoms with Gasteiger partial charge in [0.2, 0.25) is 5.91 Å². The second-order valence-electron chi connectivity index (χ2n) is 5.29. The molecule has 2 rings (SSSR count). The lowest BCUT2D eigenvalue weighted by Gasteiger charge is -2.32. The molecule has 21 heavy (non-hydrogen) atoms. The number of piperidine rings is 1. The Kier molecular flexibility index (Phi) is 4.55. The Morgan fingerprint density at radius 1 is 1.24 bits per heavy atom. The van der Waals surface area contributed by atoms with Gasteiger partial charge in [-0.2, -0.15) is 0 Å². The summed E-state index contributed by atoms with van der Waals surface area (Å²) < 4.78 is 27.4. The molecular weight excluding hydrogens is 280 g/mol. The van der Waals surface area contributed by atoms with E-state index >= 15 is 0 Å². The second-order valence-corrected chi connectivity index (χ2v) is 5.29. The fourth-order valence-corrected chi connectivity index (χ4v) is 2.67. The summed E-state index contributed by atoms with van der Waals surface area (Å²) in [5.41, 5.74) is -0.233. The third-order valence-electron chi connectivity index (χ3n) is 3.96. The van der Waals surface area contributed by atoms with Crippen LogP contribution in [0.15, 0.2) is 18.2 Å². The molecule has 1 heterocycles. The summed E-state index contributed by atoms with van der Waals surface area (Å²) in [7, 11) is 0. The van der Waals surface area contributed by atoms with Crippen molar-refractivity contribution in [2.45, 2.75) is 25.7 Å². The maximum absolute atomic E-state index is 13.7. The third-order valence-corrected chi connectivity index (χ3v) is 3.96. The number of hydrogen-bond acceptors (Lipinski definition) is 2. The smallest absolute Gasteiger partial charge is 0.306 e. The van der Waals surface area contributed by atoms with Gasteiger partial charge in [0, 0.05) is 18.7 Å². The van der Waals surface area contributed by atoms with Crippen LogP contribution < -0.4 is 0 Å². The average Bonchev–Trinajstić information content (AvgIpc) is 2.46. The van der Waals surface area contributed by atoms with Crippen LogP contribution in [0.25, 0.3) is 0 Å². The molecule has 1 saturated heterocycles. The Balaban J connectivity index is 2.09. The van der Waals surface area contributed by atoms with Crippen molar-refractivity contribution in [2.75, 3.05) is 13.1 Å². The molecule has 0 radical (unpaired) electrons. The van der Waals surface area contributed by atoms with Crippen molar-refractivity contribution in [2.24, 2.45) is 5.92 Å². The zero-order chi connectivity index (χ0) is 15.6. The minimum Gasteiger partial charge on any atom is -0.481 e. The number of nitrogens with zero attached hydrogens (tertiary/aromatic N) is 1. The van der Waals surface area contributed by atoms with Crippen molar-refractivity contribution in [3.05, 3.63) is 35.4 Å². The van der Waals surface area contributed by atoms with Crippen LogP contribution in [0.5, 0.6) is 0 Å². The standard InChI is InChI=1S/C15H17F2NO3/c1-9(13-11(16)3-2-4-12(13)17)14(19)18-7-5-10(6-8-18)15(20)21/h2-4,9-10H,5-8H2,1H3,(H,20,21). The van der Waals surface area contributed by atoms with Crippen molar-refractivity contribution in [1.82, 2.24) is 4.90 Å². The van der Waals surface area contributed by atoms with E-state index in [1.54, 1.807) is 0 Å². The first kappa shape index (κ1) is 15.4. The maximum atomic E-state index is 13.7. The number of carboxylic acids is 1. The molecule has 0 spiro atoms. The van der Waals surface area contributed by atoms with Gasteiger partial charge in [0.05, 0.1) is 11.8 Å². The van der Waals surface area contributed by atoms with Crippen LogP contribution in [-0.4, -0.2) is 35.0 Å². The fourth-order valence-electron chi connectivity index (χ4n) is 2.67. The van der Waals surface area contributed by atoms with Gasteiger partial charge in [0.15, 0.2) is 0 Å². The summed E-state index contributed by atoms with van der Waals surface area (Å²) >= 11 is 0. The Hall–Kier alpha value is -1.98. The van der Waals surface area contributed by atoms with Gasteiger partial charge < -0.3 is 10.0 Å². The van der Waals surface area contributed by atoms with Crippen LogP contribution in [0.4, 0.5) is 8.78 Å². The van der Waals surface area contributed by atoms with E-state index in [0.29, 0.717) is 25.9 Å². The monoisotopic (exact) mass is 297 g/mol. The molecule has 0 bridgehead atoms. The van der Waals surface area contributed by atoms with E-state index in [9.17, 15) is 18.4 Å². The highest BCUT2D eigenvalue weighted by atomic mass is 19.1. The molecule has 4 nitrogen and oxygen atoms in total. The van der Waals surface area contributed by atoms with Crippen LogP contribution in [0.1, 0.15) is 31.2 Å². The van der Waals surface area contributed by atoms with Crippen molar-refractivity contribution in [3.63, 3.8) is 0 Å². The average molecular weight is 297 g/mol. The highest BCUT2D eigenvalue weighted by Gasteiger charge is 2.31. The molecule has 1 aliphatic heterocycles. The normalized spacial score (nSPS) is 17.6. The van der Waals surface area contributed by atoms with Crippen LogP contribution in [0.2, 0.25) is 0 Å². The number of rotatable bonds is 3. The Labute approximate surface area is 121 Å². The number of halogens is 2. The molecule has 1 fully saturated rings. The number of carboxylic acid groups (broad SMARTS) is 1. The molecule has 0 aromatic heterocycles. The summed E-state index contributed by atoms with van der Waals surface area (Å²) in [5, 5.41) is 8.92. The lowest BCUT2D eigenvalue weighted by molar-refractivity contribution is -0.146. The minimum absolute atomic E-state index is 0.233. The number of amides is 1. The first-order valence-electron chi connectivity index (χ1n) is 6.87. The van der Waals surface area contributed by atoms with Gasteiger partial charge in [-0.25, -0.2) is 8.78 Å². The molecule has 1 unspecified atom stereocenters. The van der Waals surface area contributed by atoms with E-state index in [1.165, 1.54) is 17.9 Å². The first-order chi connectivity index (χ1) is 9.91. The Morgan fingerprint density at radius 3 is 2.24 bits per heavy atom. The summed E-state index contributed by atoms with van der Waals surface area (Å²) in [6.07, 6.45) is 0.737. The van der Waals surface area contributed by atoms with Crippen molar-refractivity contribution in [3.8, 4) is 0 Å². The van der Waals surface area contributed by atoms with Crippen LogP contribution in [0, 0.1) is 17.6 Å². The van der Waals surface area contributed by atoms with E-state index < -0.39 is 29.4 Å². The molecular formula is C15H17F2NO3. The lowest BCUT2D eigenvalue weighted by Crippen LogP contribution is -2.42. The minimum atomic E-state index is -0.924. The van der Waals surface area contributed by atoms with Gasteiger partial charge in [-0.1, -0.05) is 6.07 Å². The summed E-state index contributed by atoms with van der Waals surface area (Å²) in [6.45, 7) is 2.07. The van der Waals surface area contributed by atoms with E-state index in [4.69, 9.17) is 5.11 Å². The molecule has 0 aliphatic carbocycles. The van der Waals surface area contributed by atoms with E-state index in [-0.39, 0.29) is 11.5 Å². The molecule has 1 amide bonds. The summed E-state index contributed by atoms with van der Waals surface area (Å²) in [5.74, 6) is -4.09. The number of likely N-dealkylation sites (tertiary alicyclic amines) is 1. The molecule has 0 saturated carbocycles.